The van der Waals surface area contributed by atoms with Crippen molar-refractivity contribution in [3.8, 4) is 11.5 Å². The van der Waals surface area contributed by atoms with Crippen LogP contribution in [0, 0.1) is 0 Å². The second kappa shape index (κ2) is 10.2. The first kappa shape index (κ1) is 19.5. The maximum absolute atomic E-state index is 11.9. The van der Waals surface area contributed by atoms with E-state index >= 15 is 0 Å². The van der Waals surface area contributed by atoms with E-state index in [1.165, 1.54) is 0 Å². The zero-order valence-corrected chi connectivity index (χ0v) is 15.3. The Morgan fingerprint density at radius 1 is 0.885 bits per heavy atom. The van der Waals surface area contributed by atoms with Crippen molar-refractivity contribution in [2.45, 2.75) is 26.2 Å². The van der Waals surface area contributed by atoms with Gasteiger partial charge in [-0.15, -0.1) is 0 Å². The topological polar surface area (TPSA) is 64.6 Å². The molecule has 0 spiro atoms. The van der Waals surface area contributed by atoms with Crippen molar-refractivity contribution in [1.29, 1.82) is 0 Å². The second-order valence-electron chi connectivity index (χ2n) is 6.08. The smallest absolute Gasteiger partial charge is 0.257 e. The maximum atomic E-state index is 11.9. The zero-order chi connectivity index (χ0) is 18.8. The van der Waals surface area contributed by atoms with Crippen LogP contribution in [-0.2, 0) is 22.4 Å². The molecule has 2 aromatic rings. The lowest BCUT2D eigenvalue weighted by Gasteiger charge is -2.08. The van der Waals surface area contributed by atoms with Crippen LogP contribution >= 0.6 is 0 Å². The van der Waals surface area contributed by atoms with Gasteiger partial charge in [0.15, 0.2) is 6.61 Å². The molecule has 26 heavy (non-hydrogen) atoms. The minimum absolute atomic E-state index is 0.0184. The molecular formula is C21H25NO4. The molecule has 0 aromatic heterocycles. The third kappa shape index (κ3) is 6.97. The van der Waals surface area contributed by atoms with Crippen LogP contribution in [0.5, 0.6) is 11.5 Å². The minimum Gasteiger partial charge on any atom is -0.497 e. The van der Waals surface area contributed by atoms with E-state index < -0.39 is 0 Å². The SMILES string of the molecule is COc1ccc(CCNC(=O)COc2ccc(CCC(C)=O)cc2)cc1. The van der Waals surface area contributed by atoms with Gasteiger partial charge in [-0.2, -0.15) is 0 Å². The lowest BCUT2D eigenvalue weighted by atomic mass is 10.1. The fraction of sp³-hybridized carbons (Fsp3) is 0.333. The van der Waals surface area contributed by atoms with Gasteiger partial charge in [0.1, 0.15) is 17.3 Å². The summed E-state index contributed by atoms with van der Waals surface area (Å²) in [6.07, 6.45) is 2.01. The molecule has 5 nitrogen and oxygen atoms in total. The summed E-state index contributed by atoms with van der Waals surface area (Å²) in [7, 11) is 1.63. The van der Waals surface area contributed by atoms with E-state index in [4.69, 9.17) is 9.47 Å². The molecule has 1 N–H and O–H groups in total. The van der Waals surface area contributed by atoms with Gasteiger partial charge in [-0.3, -0.25) is 4.79 Å². The number of hydrogen-bond donors (Lipinski definition) is 1. The molecule has 0 heterocycles. The molecule has 0 radical (unpaired) electrons. The molecule has 2 rings (SSSR count). The summed E-state index contributed by atoms with van der Waals surface area (Å²) in [4.78, 5) is 22.9. The Hall–Kier alpha value is -2.82. The summed E-state index contributed by atoms with van der Waals surface area (Å²) >= 11 is 0. The fourth-order valence-electron chi connectivity index (χ4n) is 2.41. The van der Waals surface area contributed by atoms with Gasteiger partial charge in [0, 0.05) is 13.0 Å². The van der Waals surface area contributed by atoms with Crippen molar-refractivity contribution < 1.29 is 19.1 Å². The number of carbonyl (C=O) groups excluding carboxylic acids is 2. The molecule has 0 saturated heterocycles. The lowest BCUT2D eigenvalue weighted by Crippen LogP contribution is -2.30. The highest BCUT2D eigenvalue weighted by Gasteiger charge is 2.04. The third-order valence-electron chi connectivity index (χ3n) is 3.95. The monoisotopic (exact) mass is 355 g/mol. The van der Waals surface area contributed by atoms with E-state index in [0.29, 0.717) is 18.7 Å². The average Bonchev–Trinajstić information content (AvgIpc) is 2.66. The van der Waals surface area contributed by atoms with Crippen molar-refractivity contribution in [3.63, 3.8) is 0 Å². The number of ether oxygens (including phenoxy) is 2. The maximum Gasteiger partial charge on any atom is 0.257 e. The number of ketones is 1. The van der Waals surface area contributed by atoms with Gasteiger partial charge >= 0.3 is 0 Å². The van der Waals surface area contributed by atoms with E-state index in [1.54, 1.807) is 14.0 Å². The van der Waals surface area contributed by atoms with Gasteiger partial charge in [0.05, 0.1) is 7.11 Å². The molecule has 0 saturated carbocycles. The molecule has 0 bridgehead atoms. The van der Waals surface area contributed by atoms with Crippen molar-refractivity contribution in [2.24, 2.45) is 0 Å². The number of hydrogen-bond acceptors (Lipinski definition) is 4. The van der Waals surface area contributed by atoms with Gasteiger partial charge < -0.3 is 19.6 Å². The summed E-state index contributed by atoms with van der Waals surface area (Å²) in [5.74, 6) is 1.48. The van der Waals surface area contributed by atoms with E-state index in [0.717, 1.165) is 29.7 Å². The molecule has 138 valence electrons. The van der Waals surface area contributed by atoms with Crippen LogP contribution in [0.25, 0.3) is 0 Å². The number of Topliss-reactive ketones (excluding diaryl/α,β-unsaturated/α-hetero) is 1. The standard InChI is InChI=1S/C21H25NO4/c1-16(23)3-4-17-7-11-20(12-8-17)26-15-21(24)22-14-13-18-5-9-19(25-2)10-6-18/h5-12H,3-4,13-15H2,1-2H3,(H,22,24). The van der Waals surface area contributed by atoms with Crippen molar-refractivity contribution in [1.82, 2.24) is 5.32 Å². The summed E-state index contributed by atoms with van der Waals surface area (Å²) in [5, 5.41) is 2.84. The Labute approximate surface area is 154 Å². The molecule has 0 unspecified atom stereocenters. The van der Waals surface area contributed by atoms with Crippen LogP contribution in [0.2, 0.25) is 0 Å². The molecule has 0 aliphatic carbocycles. The Bertz CT molecular complexity index is 708. The number of carbonyl (C=O) groups is 2. The van der Waals surface area contributed by atoms with E-state index in [1.807, 2.05) is 48.5 Å². The van der Waals surface area contributed by atoms with E-state index in [-0.39, 0.29) is 18.3 Å². The van der Waals surface area contributed by atoms with E-state index in [9.17, 15) is 9.59 Å². The summed E-state index contributed by atoms with van der Waals surface area (Å²) < 4.78 is 10.6. The largest absolute Gasteiger partial charge is 0.497 e. The van der Waals surface area contributed by atoms with Crippen LogP contribution in [0.4, 0.5) is 0 Å². The van der Waals surface area contributed by atoms with Crippen LogP contribution < -0.4 is 14.8 Å². The Morgan fingerprint density at radius 2 is 1.46 bits per heavy atom. The van der Waals surface area contributed by atoms with Crippen LogP contribution in [-0.4, -0.2) is 32.0 Å². The Morgan fingerprint density at radius 3 is 2.04 bits per heavy atom. The number of amides is 1. The highest BCUT2D eigenvalue weighted by atomic mass is 16.5. The van der Waals surface area contributed by atoms with Crippen LogP contribution in [0.3, 0.4) is 0 Å². The van der Waals surface area contributed by atoms with Gasteiger partial charge in [-0.1, -0.05) is 24.3 Å². The molecule has 2 aromatic carbocycles. The Kier molecular flexibility index (Phi) is 7.68. The van der Waals surface area contributed by atoms with Crippen molar-refractivity contribution in [2.75, 3.05) is 20.3 Å². The third-order valence-corrected chi connectivity index (χ3v) is 3.95. The zero-order valence-electron chi connectivity index (χ0n) is 15.3. The first-order valence-corrected chi connectivity index (χ1v) is 8.67. The summed E-state index contributed by atoms with van der Waals surface area (Å²) in [6.45, 7) is 2.12. The minimum atomic E-state index is -0.154. The van der Waals surface area contributed by atoms with Crippen LogP contribution in [0.1, 0.15) is 24.5 Å². The second-order valence-corrected chi connectivity index (χ2v) is 6.08. The first-order chi connectivity index (χ1) is 12.6. The number of rotatable bonds is 10. The van der Waals surface area contributed by atoms with Crippen molar-refractivity contribution in [3.05, 3.63) is 59.7 Å². The summed E-state index contributed by atoms with van der Waals surface area (Å²) in [6, 6.07) is 15.2. The number of nitrogens with one attached hydrogen (secondary N) is 1. The predicted molar refractivity (Wildman–Crippen MR) is 101 cm³/mol. The van der Waals surface area contributed by atoms with Gasteiger partial charge in [0.25, 0.3) is 5.91 Å². The molecule has 0 atom stereocenters. The van der Waals surface area contributed by atoms with E-state index in [2.05, 4.69) is 5.32 Å². The molecule has 5 heteroatoms. The first-order valence-electron chi connectivity index (χ1n) is 8.67. The molecule has 0 fully saturated rings. The quantitative estimate of drug-likeness (QED) is 0.712. The van der Waals surface area contributed by atoms with Gasteiger partial charge in [-0.05, 0) is 55.2 Å². The highest BCUT2D eigenvalue weighted by molar-refractivity contribution is 5.77. The van der Waals surface area contributed by atoms with Crippen molar-refractivity contribution >= 4 is 11.7 Å². The molecule has 1 amide bonds. The highest BCUT2D eigenvalue weighted by Crippen LogP contribution is 2.14. The molecule has 0 aliphatic heterocycles. The number of benzene rings is 2. The van der Waals surface area contributed by atoms with Gasteiger partial charge in [-0.25, -0.2) is 0 Å². The molecule has 0 aliphatic rings. The van der Waals surface area contributed by atoms with Crippen LogP contribution in [0.15, 0.2) is 48.5 Å². The lowest BCUT2D eigenvalue weighted by molar-refractivity contribution is -0.123. The summed E-state index contributed by atoms with van der Waals surface area (Å²) in [5.41, 5.74) is 2.21. The average molecular weight is 355 g/mol. The Balaban J connectivity index is 1.67. The normalized spacial score (nSPS) is 10.2. The fourth-order valence-corrected chi connectivity index (χ4v) is 2.41. The number of aryl methyl sites for hydroxylation is 1. The number of methoxy groups -OCH3 is 1. The molecular weight excluding hydrogens is 330 g/mol. The van der Waals surface area contributed by atoms with Gasteiger partial charge in [0.2, 0.25) is 0 Å². The predicted octanol–water partition coefficient (Wildman–Crippen LogP) is 2.95.